The maximum Gasteiger partial charge on any atom is 0.251 e. The molecule has 5 heteroatoms. The van der Waals surface area contributed by atoms with Gasteiger partial charge in [-0.15, -0.1) is 0 Å². The largest absolute Gasteiger partial charge is 0.497 e. The quantitative estimate of drug-likeness (QED) is 0.770. The number of hydrogen-bond donors (Lipinski definition) is 1. The van der Waals surface area contributed by atoms with Gasteiger partial charge >= 0.3 is 0 Å². The second-order valence-electron chi connectivity index (χ2n) is 5.43. The molecule has 0 fully saturated rings. The molecule has 0 aliphatic carbocycles. The van der Waals surface area contributed by atoms with Gasteiger partial charge in [0.15, 0.2) is 0 Å². The van der Waals surface area contributed by atoms with Crippen molar-refractivity contribution in [1.29, 1.82) is 0 Å². The molecule has 0 atom stereocenters. The van der Waals surface area contributed by atoms with Crippen LogP contribution in [0.3, 0.4) is 0 Å². The molecule has 0 aliphatic rings. The molecule has 1 N–H and O–H groups in total. The van der Waals surface area contributed by atoms with Crippen LogP contribution in [0, 0.1) is 5.82 Å². The van der Waals surface area contributed by atoms with E-state index in [4.69, 9.17) is 4.74 Å². The van der Waals surface area contributed by atoms with Crippen LogP contribution in [-0.2, 0) is 6.54 Å². The molecular formula is C20H17FN2O2. The molecule has 0 saturated heterocycles. The van der Waals surface area contributed by atoms with Gasteiger partial charge in [-0.05, 0) is 54.1 Å². The van der Waals surface area contributed by atoms with Crippen molar-refractivity contribution >= 4 is 5.91 Å². The molecule has 25 heavy (non-hydrogen) atoms. The van der Waals surface area contributed by atoms with Crippen LogP contribution in [0.15, 0.2) is 66.9 Å². The predicted octanol–water partition coefficient (Wildman–Crippen LogP) is 3.83. The zero-order valence-corrected chi connectivity index (χ0v) is 13.7. The lowest BCUT2D eigenvalue weighted by Crippen LogP contribution is -2.23. The first-order valence-electron chi connectivity index (χ1n) is 7.79. The van der Waals surface area contributed by atoms with E-state index >= 15 is 0 Å². The summed E-state index contributed by atoms with van der Waals surface area (Å²) in [5.74, 6) is 0.126. The van der Waals surface area contributed by atoms with E-state index in [-0.39, 0.29) is 11.7 Å². The average Bonchev–Trinajstić information content (AvgIpc) is 2.67. The summed E-state index contributed by atoms with van der Waals surface area (Å²) >= 11 is 0. The molecule has 0 spiro atoms. The van der Waals surface area contributed by atoms with Crippen LogP contribution >= 0.6 is 0 Å². The number of halogens is 1. The van der Waals surface area contributed by atoms with Crippen LogP contribution in [0.5, 0.6) is 5.75 Å². The number of amides is 1. The van der Waals surface area contributed by atoms with E-state index in [9.17, 15) is 9.18 Å². The third-order valence-corrected chi connectivity index (χ3v) is 3.78. The van der Waals surface area contributed by atoms with Gasteiger partial charge in [0.2, 0.25) is 0 Å². The van der Waals surface area contributed by atoms with Crippen molar-refractivity contribution in [2.45, 2.75) is 6.54 Å². The monoisotopic (exact) mass is 336 g/mol. The Hall–Kier alpha value is -3.21. The normalized spacial score (nSPS) is 10.3. The number of nitrogens with one attached hydrogen (secondary N) is 1. The molecule has 0 aliphatic heterocycles. The Kier molecular flexibility index (Phi) is 5.04. The molecule has 0 saturated carbocycles. The first-order valence-corrected chi connectivity index (χ1v) is 7.79. The topological polar surface area (TPSA) is 51.2 Å². The summed E-state index contributed by atoms with van der Waals surface area (Å²) in [6.07, 6.45) is 1.67. The Morgan fingerprint density at radius 1 is 1.12 bits per heavy atom. The SMILES string of the molecule is COc1cccc(C(=O)NCc2cccnc2-c2ccc(F)cc2)c1. The molecule has 1 heterocycles. The number of methoxy groups -OCH3 is 1. The highest BCUT2D eigenvalue weighted by molar-refractivity contribution is 5.94. The van der Waals surface area contributed by atoms with E-state index in [1.807, 2.05) is 6.07 Å². The molecule has 0 unspecified atom stereocenters. The van der Waals surface area contributed by atoms with E-state index in [1.54, 1.807) is 55.8 Å². The van der Waals surface area contributed by atoms with Gasteiger partial charge in [-0.1, -0.05) is 12.1 Å². The number of aromatic nitrogens is 1. The van der Waals surface area contributed by atoms with Gasteiger partial charge in [0.1, 0.15) is 11.6 Å². The number of ether oxygens (including phenoxy) is 1. The molecule has 0 radical (unpaired) electrons. The number of carbonyl (C=O) groups is 1. The molecule has 3 aromatic rings. The van der Waals surface area contributed by atoms with Gasteiger partial charge in [0.05, 0.1) is 12.8 Å². The van der Waals surface area contributed by atoms with Crippen LogP contribution in [-0.4, -0.2) is 18.0 Å². The second kappa shape index (κ2) is 7.57. The van der Waals surface area contributed by atoms with Crippen LogP contribution < -0.4 is 10.1 Å². The summed E-state index contributed by atoms with van der Waals surface area (Å²) < 4.78 is 18.3. The molecule has 0 bridgehead atoms. The minimum absolute atomic E-state index is 0.201. The Morgan fingerprint density at radius 3 is 2.68 bits per heavy atom. The number of rotatable bonds is 5. The zero-order valence-electron chi connectivity index (χ0n) is 13.7. The number of hydrogen-bond acceptors (Lipinski definition) is 3. The van der Waals surface area contributed by atoms with Gasteiger partial charge in [0.25, 0.3) is 5.91 Å². The van der Waals surface area contributed by atoms with Crippen molar-refractivity contribution in [3.63, 3.8) is 0 Å². The van der Waals surface area contributed by atoms with Gasteiger partial charge in [0, 0.05) is 23.9 Å². The lowest BCUT2D eigenvalue weighted by Gasteiger charge is -2.10. The van der Waals surface area contributed by atoms with E-state index in [0.29, 0.717) is 23.6 Å². The predicted molar refractivity (Wildman–Crippen MR) is 93.8 cm³/mol. The van der Waals surface area contributed by atoms with Crippen molar-refractivity contribution in [1.82, 2.24) is 10.3 Å². The fraction of sp³-hybridized carbons (Fsp3) is 0.100. The minimum atomic E-state index is -0.299. The maximum atomic E-state index is 13.1. The summed E-state index contributed by atoms with van der Waals surface area (Å²) in [5, 5.41) is 2.88. The van der Waals surface area contributed by atoms with Gasteiger partial charge in [-0.25, -0.2) is 4.39 Å². The molecule has 126 valence electrons. The number of carbonyl (C=O) groups excluding carboxylic acids is 1. The van der Waals surface area contributed by atoms with Gasteiger partial charge in [-0.3, -0.25) is 9.78 Å². The van der Waals surface area contributed by atoms with Crippen molar-refractivity contribution in [2.24, 2.45) is 0 Å². The summed E-state index contributed by atoms with van der Waals surface area (Å²) in [6.45, 7) is 0.316. The molecule has 2 aromatic carbocycles. The molecular weight excluding hydrogens is 319 g/mol. The van der Waals surface area contributed by atoms with Crippen molar-refractivity contribution < 1.29 is 13.9 Å². The smallest absolute Gasteiger partial charge is 0.251 e. The summed E-state index contributed by atoms with van der Waals surface area (Å²) in [5.41, 5.74) is 2.89. The highest BCUT2D eigenvalue weighted by Crippen LogP contribution is 2.21. The average molecular weight is 336 g/mol. The third-order valence-electron chi connectivity index (χ3n) is 3.78. The zero-order chi connectivity index (χ0) is 17.6. The Morgan fingerprint density at radius 2 is 1.92 bits per heavy atom. The van der Waals surface area contributed by atoms with Crippen LogP contribution in [0.4, 0.5) is 4.39 Å². The van der Waals surface area contributed by atoms with Crippen LogP contribution in [0.1, 0.15) is 15.9 Å². The highest BCUT2D eigenvalue weighted by atomic mass is 19.1. The van der Waals surface area contributed by atoms with E-state index < -0.39 is 0 Å². The lowest BCUT2D eigenvalue weighted by molar-refractivity contribution is 0.0950. The molecule has 1 aromatic heterocycles. The summed E-state index contributed by atoms with van der Waals surface area (Å²) in [6, 6.07) is 16.8. The number of nitrogens with zero attached hydrogens (tertiary/aromatic N) is 1. The van der Waals surface area contributed by atoms with E-state index in [1.165, 1.54) is 12.1 Å². The summed E-state index contributed by atoms with van der Waals surface area (Å²) in [7, 11) is 1.56. The molecule has 1 amide bonds. The van der Waals surface area contributed by atoms with Gasteiger partial charge < -0.3 is 10.1 Å². The standard InChI is InChI=1S/C20H17FN2O2/c1-25-18-6-2-4-15(12-18)20(24)23-13-16-5-3-11-22-19(16)14-7-9-17(21)10-8-14/h2-12H,13H2,1H3,(H,23,24). The van der Waals surface area contributed by atoms with Crippen LogP contribution in [0.25, 0.3) is 11.3 Å². The fourth-order valence-electron chi connectivity index (χ4n) is 2.49. The Bertz CT molecular complexity index is 879. The molecule has 3 rings (SSSR count). The second-order valence-corrected chi connectivity index (χ2v) is 5.43. The summed E-state index contributed by atoms with van der Waals surface area (Å²) in [4.78, 5) is 16.7. The number of pyridine rings is 1. The van der Waals surface area contributed by atoms with Crippen LogP contribution in [0.2, 0.25) is 0 Å². The first-order chi connectivity index (χ1) is 12.2. The van der Waals surface area contributed by atoms with E-state index in [0.717, 1.165) is 11.1 Å². The number of benzene rings is 2. The minimum Gasteiger partial charge on any atom is -0.497 e. The van der Waals surface area contributed by atoms with Crippen molar-refractivity contribution in [3.05, 3.63) is 83.8 Å². The lowest BCUT2D eigenvalue weighted by atomic mass is 10.1. The maximum absolute atomic E-state index is 13.1. The Labute approximate surface area is 145 Å². The first kappa shape index (κ1) is 16.6. The Balaban J connectivity index is 1.77. The van der Waals surface area contributed by atoms with E-state index in [2.05, 4.69) is 10.3 Å². The third kappa shape index (κ3) is 4.01. The van der Waals surface area contributed by atoms with Gasteiger partial charge in [-0.2, -0.15) is 0 Å². The fourth-order valence-corrected chi connectivity index (χ4v) is 2.49. The highest BCUT2D eigenvalue weighted by Gasteiger charge is 2.10. The van der Waals surface area contributed by atoms with Crippen molar-refractivity contribution in [2.75, 3.05) is 7.11 Å². The van der Waals surface area contributed by atoms with Crippen molar-refractivity contribution in [3.8, 4) is 17.0 Å². The molecule has 4 nitrogen and oxygen atoms in total.